The van der Waals surface area contributed by atoms with Crippen molar-refractivity contribution < 1.29 is 4.79 Å². The first-order valence-corrected chi connectivity index (χ1v) is 9.74. The number of nitrogens with two attached hydrogens (primary N) is 1. The number of rotatable bonds is 8. The SMILES string of the molecule is NCCNc1nc(NCc2ccc(Cl)cc2)nc(NC2CCCCNC2=O)n1. The van der Waals surface area contributed by atoms with Crippen molar-refractivity contribution in [1.29, 1.82) is 0 Å². The van der Waals surface area contributed by atoms with Gasteiger partial charge in [-0.1, -0.05) is 23.7 Å². The summed E-state index contributed by atoms with van der Waals surface area (Å²) in [5.74, 6) is 1.11. The van der Waals surface area contributed by atoms with Gasteiger partial charge in [0.2, 0.25) is 23.8 Å². The van der Waals surface area contributed by atoms with Crippen LogP contribution in [0.4, 0.5) is 17.8 Å². The van der Waals surface area contributed by atoms with Crippen molar-refractivity contribution in [2.75, 3.05) is 35.6 Å². The molecule has 0 saturated carbocycles. The van der Waals surface area contributed by atoms with Gasteiger partial charge in [-0.05, 0) is 37.0 Å². The van der Waals surface area contributed by atoms with Crippen molar-refractivity contribution >= 4 is 35.4 Å². The van der Waals surface area contributed by atoms with Crippen molar-refractivity contribution in [2.45, 2.75) is 31.8 Å². The summed E-state index contributed by atoms with van der Waals surface area (Å²) < 4.78 is 0. The summed E-state index contributed by atoms with van der Waals surface area (Å²) in [5.41, 5.74) is 6.60. The molecule has 1 aromatic heterocycles. The fraction of sp³-hybridized carbons (Fsp3) is 0.444. The quantitative estimate of drug-likeness (QED) is 0.448. The zero-order valence-electron chi connectivity index (χ0n) is 15.5. The molecule has 1 aliphatic rings. The van der Waals surface area contributed by atoms with Gasteiger partial charge in [0.1, 0.15) is 6.04 Å². The predicted octanol–water partition coefficient (Wildman–Crippen LogP) is 1.59. The zero-order chi connectivity index (χ0) is 19.8. The van der Waals surface area contributed by atoms with Gasteiger partial charge in [0, 0.05) is 31.2 Å². The number of nitrogens with zero attached hydrogens (tertiary/aromatic N) is 3. The van der Waals surface area contributed by atoms with Crippen molar-refractivity contribution in [3.63, 3.8) is 0 Å². The molecule has 2 heterocycles. The minimum Gasteiger partial charge on any atom is -0.354 e. The summed E-state index contributed by atoms with van der Waals surface area (Å²) in [5, 5.41) is 13.0. The third-order valence-corrected chi connectivity index (χ3v) is 4.52. The molecule has 1 saturated heterocycles. The van der Waals surface area contributed by atoms with Gasteiger partial charge in [0.25, 0.3) is 0 Å². The zero-order valence-corrected chi connectivity index (χ0v) is 16.3. The monoisotopic (exact) mass is 404 g/mol. The first kappa shape index (κ1) is 20.1. The summed E-state index contributed by atoms with van der Waals surface area (Å²) in [6.07, 6.45) is 2.66. The lowest BCUT2D eigenvalue weighted by Gasteiger charge is -2.16. The molecule has 10 heteroatoms. The molecular formula is C18H25ClN8O. The largest absolute Gasteiger partial charge is 0.354 e. The van der Waals surface area contributed by atoms with Gasteiger partial charge in [-0.3, -0.25) is 4.79 Å². The van der Waals surface area contributed by atoms with Gasteiger partial charge in [-0.25, -0.2) is 0 Å². The average molecular weight is 405 g/mol. The number of carbonyl (C=O) groups excluding carboxylic acids is 1. The first-order chi connectivity index (χ1) is 13.6. The molecule has 1 amide bonds. The third kappa shape index (κ3) is 5.93. The topological polar surface area (TPSA) is 130 Å². The Morgan fingerprint density at radius 1 is 1.07 bits per heavy atom. The van der Waals surface area contributed by atoms with E-state index in [4.69, 9.17) is 17.3 Å². The Kier molecular flexibility index (Phi) is 7.21. The maximum absolute atomic E-state index is 12.2. The van der Waals surface area contributed by atoms with E-state index in [-0.39, 0.29) is 11.9 Å². The predicted molar refractivity (Wildman–Crippen MR) is 110 cm³/mol. The summed E-state index contributed by atoms with van der Waals surface area (Å²) in [7, 11) is 0. The van der Waals surface area contributed by atoms with Crippen LogP contribution >= 0.6 is 11.6 Å². The summed E-state index contributed by atoms with van der Waals surface area (Å²) in [6, 6.07) is 7.16. The van der Waals surface area contributed by atoms with Crippen LogP contribution in [0.2, 0.25) is 5.02 Å². The molecule has 28 heavy (non-hydrogen) atoms. The molecule has 1 atom stereocenters. The lowest BCUT2D eigenvalue weighted by molar-refractivity contribution is -0.121. The second-order valence-corrected chi connectivity index (χ2v) is 6.92. The standard InChI is InChI=1S/C18H25ClN8O/c19-13-6-4-12(5-7-13)11-23-17-25-16(22-10-8-20)26-18(27-17)24-14-3-1-2-9-21-15(14)28/h4-7,14H,1-3,8-11,20H2,(H,21,28)(H3,22,23,24,25,26,27). The second-order valence-electron chi connectivity index (χ2n) is 6.49. The lowest BCUT2D eigenvalue weighted by Crippen LogP contribution is -2.38. The Labute approximate surface area is 168 Å². The van der Waals surface area contributed by atoms with Crippen LogP contribution in [0.5, 0.6) is 0 Å². The van der Waals surface area contributed by atoms with Crippen LogP contribution in [0.1, 0.15) is 24.8 Å². The highest BCUT2D eigenvalue weighted by atomic mass is 35.5. The normalized spacial score (nSPS) is 16.8. The number of hydrogen-bond donors (Lipinski definition) is 5. The highest BCUT2D eigenvalue weighted by molar-refractivity contribution is 6.30. The van der Waals surface area contributed by atoms with Gasteiger partial charge in [0.05, 0.1) is 0 Å². The van der Waals surface area contributed by atoms with Gasteiger partial charge in [-0.2, -0.15) is 15.0 Å². The number of aromatic nitrogens is 3. The summed E-state index contributed by atoms with van der Waals surface area (Å²) in [4.78, 5) is 25.3. The molecule has 2 aromatic rings. The Balaban J connectivity index is 1.73. The molecule has 150 valence electrons. The van der Waals surface area contributed by atoms with E-state index in [1.807, 2.05) is 24.3 Å². The lowest BCUT2D eigenvalue weighted by atomic mass is 10.1. The molecule has 9 nitrogen and oxygen atoms in total. The smallest absolute Gasteiger partial charge is 0.242 e. The second kappa shape index (κ2) is 10.0. The van der Waals surface area contributed by atoms with Gasteiger partial charge < -0.3 is 27.0 Å². The maximum atomic E-state index is 12.2. The summed E-state index contributed by atoms with van der Waals surface area (Å²) >= 11 is 5.92. The van der Waals surface area contributed by atoms with Crippen molar-refractivity contribution in [1.82, 2.24) is 20.3 Å². The molecule has 3 rings (SSSR count). The highest BCUT2D eigenvalue weighted by Crippen LogP contribution is 2.15. The van der Waals surface area contributed by atoms with Crippen LogP contribution in [0.25, 0.3) is 0 Å². The third-order valence-electron chi connectivity index (χ3n) is 4.27. The molecule has 0 radical (unpaired) electrons. The van der Waals surface area contributed by atoms with E-state index < -0.39 is 0 Å². The number of hydrogen-bond acceptors (Lipinski definition) is 8. The maximum Gasteiger partial charge on any atom is 0.242 e. The Morgan fingerprint density at radius 2 is 1.79 bits per heavy atom. The van der Waals surface area contributed by atoms with E-state index in [2.05, 4.69) is 36.2 Å². The fourth-order valence-corrected chi connectivity index (χ4v) is 2.92. The number of anilines is 3. The summed E-state index contributed by atoms with van der Waals surface area (Å²) in [6.45, 7) is 2.21. The molecule has 1 fully saturated rings. The number of carbonyl (C=O) groups is 1. The van der Waals surface area contributed by atoms with Crippen LogP contribution < -0.4 is 27.0 Å². The van der Waals surface area contributed by atoms with Gasteiger partial charge in [-0.15, -0.1) is 0 Å². The van der Waals surface area contributed by atoms with E-state index >= 15 is 0 Å². The van der Waals surface area contributed by atoms with Crippen LogP contribution in [-0.2, 0) is 11.3 Å². The Bertz CT molecular complexity index is 786. The Morgan fingerprint density at radius 3 is 2.54 bits per heavy atom. The first-order valence-electron chi connectivity index (χ1n) is 9.36. The van der Waals surface area contributed by atoms with Crippen molar-refractivity contribution in [2.24, 2.45) is 5.73 Å². The minimum absolute atomic E-state index is 0.0370. The Hall–Kier alpha value is -2.65. The average Bonchev–Trinajstić information content (AvgIpc) is 2.90. The molecule has 0 aliphatic carbocycles. The van der Waals surface area contributed by atoms with E-state index in [1.54, 1.807) is 0 Å². The molecule has 1 aliphatic heterocycles. The van der Waals surface area contributed by atoms with Crippen LogP contribution in [0, 0.1) is 0 Å². The van der Waals surface area contributed by atoms with E-state index in [0.29, 0.717) is 49.0 Å². The highest BCUT2D eigenvalue weighted by Gasteiger charge is 2.21. The van der Waals surface area contributed by atoms with Gasteiger partial charge in [0.15, 0.2) is 0 Å². The molecule has 6 N–H and O–H groups in total. The fourth-order valence-electron chi connectivity index (χ4n) is 2.80. The van der Waals surface area contributed by atoms with Crippen molar-refractivity contribution in [3.8, 4) is 0 Å². The van der Waals surface area contributed by atoms with Crippen LogP contribution in [0.15, 0.2) is 24.3 Å². The minimum atomic E-state index is -0.364. The molecule has 1 unspecified atom stereocenters. The van der Waals surface area contributed by atoms with E-state index in [0.717, 1.165) is 24.8 Å². The number of nitrogens with one attached hydrogen (secondary N) is 4. The van der Waals surface area contributed by atoms with Crippen LogP contribution in [-0.4, -0.2) is 46.5 Å². The molecule has 0 spiro atoms. The number of benzene rings is 1. The van der Waals surface area contributed by atoms with E-state index in [1.165, 1.54) is 0 Å². The van der Waals surface area contributed by atoms with Gasteiger partial charge >= 0.3 is 0 Å². The number of halogens is 1. The van der Waals surface area contributed by atoms with Crippen LogP contribution in [0.3, 0.4) is 0 Å². The molecular weight excluding hydrogens is 380 g/mol. The van der Waals surface area contributed by atoms with E-state index in [9.17, 15) is 4.79 Å². The number of amides is 1. The van der Waals surface area contributed by atoms with Crippen molar-refractivity contribution in [3.05, 3.63) is 34.9 Å². The molecule has 0 bridgehead atoms. The molecule has 1 aromatic carbocycles.